The first-order valence-corrected chi connectivity index (χ1v) is 4.82. The molecule has 0 saturated carbocycles. The van der Waals surface area contributed by atoms with Gasteiger partial charge in [-0.05, 0) is 36.4 Å². The highest BCUT2D eigenvalue weighted by atomic mass is 19.1. The number of rotatable bonds is 2. The molecule has 0 aromatic heterocycles. The fraction of sp³-hybridized carbons (Fsp3) is 0. The maximum atomic E-state index is 13.3. The minimum Gasteiger partial charge on any atom is -0.457 e. The SMILES string of the molecule is N#Cc1ccc(Oc2ccc(F)cc2)cc1F. The van der Waals surface area contributed by atoms with Crippen LogP contribution in [-0.2, 0) is 0 Å². The minimum absolute atomic E-state index is 0.0449. The summed E-state index contributed by atoms with van der Waals surface area (Å²) in [6, 6.07) is 11.0. The summed E-state index contributed by atoms with van der Waals surface area (Å²) in [5.41, 5.74) is -0.0449. The van der Waals surface area contributed by atoms with Crippen LogP contribution < -0.4 is 4.74 Å². The molecule has 0 unspecified atom stereocenters. The molecule has 2 nitrogen and oxygen atoms in total. The minimum atomic E-state index is -0.646. The number of hydrogen-bond donors (Lipinski definition) is 0. The molecule has 0 saturated heterocycles. The van der Waals surface area contributed by atoms with Crippen LogP contribution in [0.5, 0.6) is 11.5 Å². The van der Waals surface area contributed by atoms with E-state index < -0.39 is 5.82 Å². The number of benzene rings is 2. The molecular weight excluding hydrogens is 224 g/mol. The fourth-order valence-electron chi connectivity index (χ4n) is 1.29. The topological polar surface area (TPSA) is 33.0 Å². The standard InChI is InChI=1S/C13H7F2NO/c14-10-2-5-11(6-3-10)17-12-4-1-9(8-16)13(15)7-12/h1-7H. The van der Waals surface area contributed by atoms with E-state index in [1.165, 1.54) is 36.4 Å². The van der Waals surface area contributed by atoms with Crippen molar-refractivity contribution in [2.24, 2.45) is 0 Å². The highest BCUT2D eigenvalue weighted by Crippen LogP contribution is 2.23. The van der Waals surface area contributed by atoms with Gasteiger partial charge in [0, 0.05) is 6.07 Å². The van der Waals surface area contributed by atoms with Gasteiger partial charge in [0.1, 0.15) is 29.2 Å². The average Bonchev–Trinajstić information content (AvgIpc) is 2.32. The average molecular weight is 231 g/mol. The molecule has 17 heavy (non-hydrogen) atoms. The van der Waals surface area contributed by atoms with E-state index in [0.717, 1.165) is 6.07 Å². The first-order valence-electron chi connectivity index (χ1n) is 4.82. The molecule has 0 spiro atoms. The quantitative estimate of drug-likeness (QED) is 0.790. The molecule has 0 bridgehead atoms. The number of ether oxygens (including phenoxy) is 1. The van der Waals surface area contributed by atoms with Crippen molar-refractivity contribution in [3.63, 3.8) is 0 Å². The van der Waals surface area contributed by atoms with Crippen molar-refractivity contribution in [2.75, 3.05) is 0 Å². The Labute approximate surface area is 96.7 Å². The summed E-state index contributed by atoms with van der Waals surface area (Å²) in [5.74, 6) is -0.362. The molecule has 0 aliphatic carbocycles. The smallest absolute Gasteiger partial charge is 0.144 e. The van der Waals surface area contributed by atoms with Crippen molar-refractivity contribution >= 4 is 0 Å². The molecule has 0 fully saturated rings. The molecule has 0 radical (unpaired) electrons. The molecule has 4 heteroatoms. The maximum Gasteiger partial charge on any atom is 0.144 e. The van der Waals surface area contributed by atoms with E-state index in [-0.39, 0.29) is 17.1 Å². The van der Waals surface area contributed by atoms with Crippen LogP contribution in [0.15, 0.2) is 42.5 Å². The second-order valence-corrected chi connectivity index (χ2v) is 3.31. The van der Waals surface area contributed by atoms with Gasteiger partial charge in [-0.2, -0.15) is 5.26 Å². The molecular formula is C13H7F2NO. The van der Waals surface area contributed by atoms with E-state index in [2.05, 4.69) is 0 Å². The van der Waals surface area contributed by atoms with Gasteiger partial charge in [-0.15, -0.1) is 0 Å². The summed E-state index contributed by atoms with van der Waals surface area (Å²) in [4.78, 5) is 0. The summed E-state index contributed by atoms with van der Waals surface area (Å²) in [7, 11) is 0. The van der Waals surface area contributed by atoms with Gasteiger partial charge < -0.3 is 4.74 Å². The lowest BCUT2D eigenvalue weighted by molar-refractivity contribution is 0.474. The van der Waals surface area contributed by atoms with Gasteiger partial charge in [0.2, 0.25) is 0 Å². The molecule has 84 valence electrons. The Kier molecular flexibility index (Phi) is 3.01. The van der Waals surface area contributed by atoms with E-state index >= 15 is 0 Å². The Morgan fingerprint density at radius 2 is 1.59 bits per heavy atom. The highest BCUT2D eigenvalue weighted by molar-refractivity contribution is 5.38. The molecule has 0 atom stereocenters. The van der Waals surface area contributed by atoms with Crippen molar-refractivity contribution in [1.82, 2.24) is 0 Å². The zero-order valence-corrected chi connectivity index (χ0v) is 8.65. The van der Waals surface area contributed by atoms with E-state index in [0.29, 0.717) is 5.75 Å². The van der Waals surface area contributed by atoms with Crippen LogP contribution >= 0.6 is 0 Å². The van der Waals surface area contributed by atoms with Crippen LogP contribution in [-0.4, -0.2) is 0 Å². The molecule has 0 aliphatic heterocycles. The molecule has 0 heterocycles. The lowest BCUT2D eigenvalue weighted by Gasteiger charge is -2.05. The fourth-order valence-corrected chi connectivity index (χ4v) is 1.29. The third kappa shape index (κ3) is 2.58. The Morgan fingerprint density at radius 1 is 0.941 bits per heavy atom. The molecule has 0 amide bonds. The molecule has 0 N–H and O–H groups in total. The zero-order chi connectivity index (χ0) is 12.3. The van der Waals surface area contributed by atoms with Gasteiger partial charge in [0.05, 0.1) is 5.56 Å². The van der Waals surface area contributed by atoms with E-state index in [4.69, 9.17) is 10.00 Å². The molecule has 2 rings (SSSR count). The van der Waals surface area contributed by atoms with Crippen molar-refractivity contribution < 1.29 is 13.5 Å². The van der Waals surface area contributed by atoms with Gasteiger partial charge in [0.25, 0.3) is 0 Å². The van der Waals surface area contributed by atoms with Crippen LogP contribution in [0.3, 0.4) is 0 Å². The summed E-state index contributed by atoms with van der Waals surface area (Å²) >= 11 is 0. The summed E-state index contributed by atoms with van der Waals surface area (Å²) in [6.07, 6.45) is 0. The van der Waals surface area contributed by atoms with Gasteiger partial charge in [0.15, 0.2) is 0 Å². The van der Waals surface area contributed by atoms with Gasteiger partial charge in [-0.3, -0.25) is 0 Å². The van der Waals surface area contributed by atoms with Crippen molar-refractivity contribution in [1.29, 1.82) is 5.26 Å². The zero-order valence-electron chi connectivity index (χ0n) is 8.65. The van der Waals surface area contributed by atoms with Gasteiger partial charge in [-0.1, -0.05) is 0 Å². The third-order valence-corrected chi connectivity index (χ3v) is 2.11. The van der Waals surface area contributed by atoms with Crippen molar-refractivity contribution in [2.45, 2.75) is 0 Å². The predicted octanol–water partition coefficient (Wildman–Crippen LogP) is 3.63. The normalized spacial score (nSPS) is 9.71. The Bertz CT molecular complexity index is 573. The number of nitriles is 1. The summed E-state index contributed by atoms with van der Waals surface area (Å²) in [5, 5.41) is 8.56. The van der Waals surface area contributed by atoms with Crippen LogP contribution in [0.2, 0.25) is 0 Å². The third-order valence-electron chi connectivity index (χ3n) is 2.11. The Morgan fingerprint density at radius 3 is 2.18 bits per heavy atom. The van der Waals surface area contributed by atoms with E-state index in [1.807, 2.05) is 0 Å². The van der Waals surface area contributed by atoms with E-state index in [9.17, 15) is 8.78 Å². The molecule has 2 aromatic rings. The number of hydrogen-bond acceptors (Lipinski definition) is 2. The van der Waals surface area contributed by atoms with Crippen molar-refractivity contribution in [3.8, 4) is 17.6 Å². The monoisotopic (exact) mass is 231 g/mol. The Hall–Kier alpha value is -2.41. The molecule has 2 aromatic carbocycles. The van der Waals surface area contributed by atoms with Crippen LogP contribution in [0, 0.1) is 23.0 Å². The lowest BCUT2D eigenvalue weighted by Crippen LogP contribution is -1.88. The van der Waals surface area contributed by atoms with Crippen LogP contribution in [0.1, 0.15) is 5.56 Å². The first kappa shape index (κ1) is 11.1. The maximum absolute atomic E-state index is 13.3. The van der Waals surface area contributed by atoms with E-state index in [1.54, 1.807) is 6.07 Å². The number of nitrogens with zero attached hydrogens (tertiary/aromatic N) is 1. The van der Waals surface area contributed by atoms with Gasteiger partial charge in [-0.25, -0.2) is 8.78 Å². The predicted molar refractivity (Wildman–Crippen MR) is 57.6 cm³/mol. The van der Waals surface area contributed by atoms with Crippen molar-refractivity contribution in [3.05, 3.63) is 59.7 Å². The van der Waals surface area contributed by atoms with Gasteiger partial charge >= 0.3 is 0 Å². The largest absolute Gasteiger partial charge is 0.457 e. The second-order valence-electron chi connectivity index (χ2n) is 3.31. The Balaban J connectivity index is 2.22. The van der Waals surface area contributed by atoms with Crippen LogP contribution in [0.25, 0.3) is 0 Å². The first-order chi connectivity index (χ1) is 8.19. The second kappa shape index (κ2) is 4.62. The lowest BCUT2D eigenvalue weighted by atomic mass is 10.2. The molecule has 0 aliphatic rings. The van der Waals surface area contributed by atoms with Crippen LogP contribution in [0.4, 0.5) is 8.78 Å². The highest BCUT2D eigenvalue weighted by Gasteiger charge is 2.04. The number of halogens is 2. The summed E-state index contributed by atoms with van der Waals surface area (Å²) < 4.78 is 31.2. The summed E-state index contributed by atoms with van der Waals surface area (Å²) in [6.45, 7) is 0.